The van der Waals surface area contributed by atoms with E-state index >= 15 is 0 Å². The number of nitrogens with zero attached hydrogens (tertiary/aromatic N) is 2. The van der Waals surface area contributed by atoms with Gasteiger partial charge in [-0.15, -0.1) is 0 Å². The molecule has 242 valence electrons. The monoisotopic (exact) mass is 701 g/mol. The van der Waals surface area contributed by atoms with Gasteiger partial charge < -0.3 is 15.0 Å². The fourth-order valence-corrected chi connectivity index (χ4v) is 6.70. The van der Waals surface area contributed by atoms with Gasteiger partial charge in [-0.05, 0) is 72.1 Å². The van der Waals surface area contributed by atoms with Gasteiger partial charge in [0.1, 0.15) is 18.3 Å². The molecule has 4 aromatic rings. The van der Waals surface area contributed by atoms with Crippen molar-refractivity contribution in [3.8, 4) is 5.75 Å². The van der Waals surface area contributed by atoms with Crippen LogP contribution >= 0.6 is 34.8 Å². The topological polar surface area (TPSA) is 96.0 Å². The van der Waals surface area contributed by atoms with E-state index in [-0.39, 0.29) is 39.5 Å². The van der Waals surface area contributed by atoms with Crippen molar-refractivity contribution in [1.82, 2.24) is 10.2 Å². The maximum absolute atomic E-state index is 14.5. The summed E-state index contributed by atoms with van der Waals surface area (Å²) < 4.78 is 34.5. The van der Waals surface area contributed by atoms with Crippen LogP contribution in [0.2, 0.25) is 15.1 Å². The molecule has 4 aromatic carbocycles. The summed E-state index contributed by atoms with van der Waals surface area (Å²) >= 11 is 18.8. The van der Waals surface area contributed by atoms with E-state index < -0.39 is 28.5 Å². The number of carbonyl (C=O) groups excluding carboxylic acids is 2. The van der Waals surface area contributed by atoms with Crippen molar-refractivity contribution in [1.29, 1.82) is 0 Å². The predicted octanol–water partition coefficient (Wildman–Crippen LogP) is 7.02. The van der Waals surface area contributed by atoms with E-state index in [0.29, 0.717) is 29.3 Å². The zero-order chi connectivity index (χ0) is 33.3. The molecule has 12 heteroatoms. The Bertz CT molecular complexity index is 1760. The molecular formula is C34H34Cl3N3O5S. The van der Waals surface area contributed by atoms with Crippen LogP contribution in [-0.4, -0.2) is 51.4 Å². The number of halogens is 3. The molecule has 1 N–H and O–H groups in total. The molecule has 0 bridgehead atoms. The molecule has 1 atom stereocenters. The highest BCUT2D eigenvalue weighted by Crippen LogP contribution is 2.29. The highest BCUT2D eigenvalue weighted by molar-refractivity contribution is 7.92. The Hall–Kier alpha value is -3.76. The fourth-order valence-electron chi connectivity index (χ4n) is 4.79. The second-order valence-electron chi connectivity index (χ2n) is 10.4. The molecule has 0 spiro atoms. The molecule has 8 nitrogen and oxygen atoms in total. The van der Waals surface area contributed by atoms with Gasteiger partial charge in [-0.1, -0.05) is 84.2 Å². The number of carbonyl (C=O) groups is 2. The number of benzene rings is 4. The lowest BCUT2D eigenvalue weighted by atomic mass is 10.0. The molecule has 0 saturated carbocycles. The number of ether oxygens (including phenoxy) is 1. The van der Waals surface area contributed by atoms with Crippen LogP contribution in [0, 0.1) is 0 Å². The van der Waals surface area contributed by atoms with Crippen LogP contribution in [0.4, 0.5) is 5.69 Å². The molecule has 0 heterocycles. The van der Waals surface area contributed by atoms with Crippen molar-refractivity contribution in [3.63, 3.8) is 0 Å². The largest absolute Gasteiger partial charge is 0.497 e. The zero-order valence-electron chi connectivity index (χ0n) is 25.3. The maximum Gasteiger partial charge on any atom is 0.264 e. The number of nitrogens with one attached hydrogen (secondary N) is 1. The van der Waals surface area contributed by atoms with Crippen LogP contribution in [0.1, 0.15) is 24.5 Å². The summed E-state index contributed by atoms with van der Waals surface area (Å²) in [5.41, 5.74) is 1.61. The Balaban J connectivity index is 1.81. The molecule has 0 unspecified atom stereocenters. The number of methoxy groups -OCH3 is 1. The SMILES string of the molecule is CCCNC(=O)[C@@H](Cc1ccccc1)N(Cc1ccc(Cl)c(Cl)c1)C(=O)CN(c1cccc(Cl)c1)S(=O)(=O)c1ccc(OC)cc1. The standard InChI is InChI=1S/C34H34Cl3N3O5S/c1-3-18-38-34(42)32(20-24-8-5-4-6-9-24)39(22-25-12-17-30(36)31(37)19-25)33(41)23-40(27-11-7-10-26(35)21-27)46(43,44)29-15-13-28(45-2)14-16-29/h4-17,19,21,32H,3,18,20,22-23H2,1-2H3,(H,38,42)/t32-/m1/s1. The van der Waals surface area contributed by atoms with Crippen LogP contribution in [-0.2, 0) is 32.6 Å². The third-order valence-electron chi connectivity index (χ3n) is 7.18. The summed E-state index contributed by atoms with van der Waals surface area (Å²) in [6.45, 7) is 1.67. The summed E-state index contributed by atoms with van der Waals surface area (Å²) in [6, 6.07) is 25.3. The van der Waals surface area contributed by atoms with Gasteiger partial charge in [0.05, 0.1) is 27.7 Å². The van der Waals surface area contributed by atoms with E-state index in [0.717, 1.165) is 9.87 Å². The van der Waals surface area contributed by atoms with E-state index in [2.05, 4.69) is 5.32 Å². The number of hydrogen-bond donors (Lipinski definition) is 1. The first-order chi connectivity index (χ1) is 22.0. The van der Waals surface area contributed by atoms with Crippen molar-refractivity contribution in [2.24, 2.45) is 0 Å². The van der Waals surface area contributed by atoms with E-state index in [1.807, 2.05) is 37.3 Å². The van der Waals surface area contributed by atoms with Crippen molar-refractivity contribution in [2.75, 3.05) is 24.5 Å². The summed E-state index contributed by atoms with van der Waals surface area (Å²) in [4.78, 5) is 29.5. The molecule has 0 fully saturated rings. The third kappa shape index (κ3) is 8.94. The number of rotatable bonds is 14. The lowest BCUT2D eigenvalue weighted by Gasteiger charge is -2.34. The first kappa shape index (κ1) is 35.1. The highest BCUT2D eigenvalue weighted by atomic mass is 35.5. The number of hydrogen-bond acceptors (Lipinski definition) is 5. The first-order valence-electron chi connectivity index (χ1n) is 14.5. The minimum absolute atomic E-state index is 0.0429. The Kier molecular flexibility index (Phi) is 12.3. The molecule has 0 aliphatic rings. The number of anilines is 1. The molecule has 2 amide bonds. The van der Waals surface area contributed by atoms with Crippen molar-refractivity contribution < 1.29 is 22.7 Å². The van der Waals surface area contributed by atoms with E-state index in [4.69, 9.17) is 39.5 Å². The molecule has 0 aliphatic heterocycles. The predicted molar refractivity (Wildman–Crippen MR) is 183 cm³/mol. The Morgan fingerprint density at radius 1 is 0.848 bits per heavy atom. The quantitative estimate of drug-likeness (QED) is 0.153. The normalized spacial score (nSPS) is 11.8. The Morgan fingerprint density at radius 2 is 1.57 bits per heavy atom. The van der Waals surface area contributed by atoms with Gasteiger partial charge in [-0.3, -0.25) is 13.9 Å². The van der Waals surface area contributed by atoms with Crippen LogP contribution in [0.3, 0.4) is 0 Å². The third-order valence-corrected chi connectivity index (χ3v) is 9.94. The van der Waals surface area contributed by atoms with Crippen molar-refractivity contribution >= 4 is 62.3 Å². The summed E-state index contributed by atoms with van der Waals surface area (Å²) in [5, 5.41) is 3.82. The average Bonchev–Trinajstić information content (AvgIpc) is 3.06. The fraction of sp³-hybridized carbons (Fsp3) is 0.235. The molecule has 0 radical (unpaired) electrons. The summed E-state index contributed by atoms with van der Waals surface area (Å²) in [5.74, 6) is -0.513. The second kappa shape index (κ2) is 16.2. The molecule has 46 heavy (non-hydrogen) atoms. The molecule has 0 aromatic heterocycles. The second-order valence-corrected chi connectivity index (χ2v) is 13.5. The van der Waals surface area contributed by atoms with Crippen LogP contribution in [0.25, 0.3) is 0 Å². The van der Waals surface area contributed by atoms with E-state index in [1.54, 1.807) is 36.4 Å². The highest BCUT2D eigenvalue weighted by Gasteiger charge is 2.34. The molecule has 0 saturated heterocycles. The minimum Gasteiger partial charge on any atom is -0.497 e. The lowest BCUT2D eigenvalue weighted by Crippen LogP contribution is -2.53. The van der Waals surface area contributed by atoms with Crippen molar-refractivity contribution in [3.05, 3.63) is 123 Å². The van der Waals surface area contributed by atoms with Gasteiger partial charge >= 0.3 is 0 Å². The van der Waals surface area contributed by atoms with Gasteiger partial charge in [-0.2, -0.15) is 0 Å². The summed E-state index contributed by atoms with van der Waals surface area (Å²) in [7, 11) is -2.82. The smallest absolute Gasteiger partial charge is 0.264 e. The van der Waals surface area contributed by atoms with Gasteiger partial charge in [0.25, 0.3) is 10.0 Å². The number of sulfonamides is 1. The molecule has 0 aliphatic carbocycles. The van der Waals surface area contributed by atoms with Gasteiger partial charge in [0.15, 0.2) is 0 Å². The Morgan fingerprint density at radius 3 is 2.20 bits per heavy atom. The van der Waals surface area contributed by atoms with Gasteiger partial charge in [0.2, 0.25) is 11.8 Å². The molecule has 4 rings (SSSR count). The minimum atomic E-state index is -4.30. The lowest BCUT2D eigenvalue weighted by molar-refractivity contribution is -0.140. The van der Waals surface area contributed by atoms with Gasteiger partial charge in [0, 0.05) is 24.5 Å². The number of amides is 2. The van der Waals surface area contributed by atoms with Gasteiger partial charge in [-0.25, -0.2) is 8.42 Å². The van der Waals surface area contributed by atoms with Crippen LogP contribution < -0.4 is 14.4 Å². The average molecular weight is 703 g/mol. The maximum atomic E-state index is 14.5. The summed E-state index contributed by atoms with van der Waals surface area (Å²) in [6.07, 6.45) is 0.874. The first-order valence-corrected chi connectivity index (χ1v) is 17.1. The van der Waals surface area contributed by atoms with E-state index in [1.165, 1.54) is 42.3 Å². The van der Waals surface area contributed by atoms with Crippen LogP contribution in [0.15, 0.2) is 102 Å². The van der Waals surface area contributed by atoms with Crippen LogP contribution in [0.5, 0.6) is 5.75 Å². The Labute approximate surface area is 284 Å². The van der Waals surface area contributed by atoms with E-state index in [9.17, 15) is 18.0 Å². The molecular weight excluding hydrogens is 669 g/mol. The van der Waals surface area contributed by atoms with Crippen molar-refractivity contribution in [2.45, 2.75) is 37.2 Å². The zero-order valence-corrected chi connectivity index (χ0v) is 28.4.